The summed E-state index contributed by atoms with van der Waals surface area (Å²) >= 11 is 0. The van der Waals surface area contributed by atoms with E-state index in [0.717, 1.165) is 45.6 Å². The summed E-state index contributed by atoms with van der Waals surface area (Å²) in [4.78, 5) is 5.04. The molecule has 2 aliphatic heterocycles. The Kier molecular flexibility index (Phi) is 4.91. The van der Waals surface area contributed by atoms with Gasteiger partial charge in [-0.1, -0.05) is 30.3 Å². The third-order valence-corrected chi connectivity index (χ3v) is 4.76. The fraction of sp³-hybridized carbons (Fsp3) is 0.588. The van der Waals surface area contributed by atoms with Crippen molar-refractivity contribution in [2.75, 3.05) is 33.2 Å². The maximum atomic E-state index is 6.25. The molecule has 3 N–H and O–H groups in total. The lowest BCUT2D eigenvalue weighted by Gasteiger charge is -2.46. The quantitative estimate of drug-likeness (QED) is 0.872. The summed E-state index contributed by atoms with van der Waals surface area (Å²) in [7, 11) is 2.24. The summed E-state index contributed by atoms with van der Waals surface area (Å²) in [5, 5.41) is 3.53. The Bertz CT molecular complexity index is 436. The molecule has 0 spiro atoms. The minimum atomic E-state index is 0.322. The normalized spacial score (nSPS) is 29.6. The third kappa shape index (κ3) is 3.64. The summed E-state index contributed by atoms with van der Waals surface area (Å²) in [6.07, 6.45) is 2.13. The molecule has 21 heavy (non-hydrogen) atoms. The zero-order valence-corrected chi connectivity index (χ0v) is 13.0. The summed E-state index contributed by atoms with van der Waals surface area (Å²) < 4.78 is 0. The Labute approximate surface area is 128 Å². The lowest BCUT2D eigenvalue weighted by molar-refractivity contribution is 0.107. The van der Waals surface area contributed by atoms with E-state index in [1.54, 1.807) is 0 Å². The van der Waals surface area contributed by atoms with E-state index in [4.69, 9.17) is 5.73 Å². The number of piperazine rings is 1. The fourth-order valence-corrected chi connectivity index (χ4v) is 3.47. The standard InChI is InChI=1S/C17H27N4/c1-20-10-8-19-12-17(20)16-11-15(18)7-9-21(16)13-14-5-3-2-4-6-14/h2-6,15,17,19H,7-13,18H2,1H3. The Balaban J connectivity index is 1.73. The molecule has 3 rings (SSSR count). The molecule has 1 aromatic carbocycles. The first kappa shape index (κ1) is 15.0. The van der Waals surface area contributed by atoms with Gasteiger partial charge in [0.2, 0.25) is 0 Å². The number of hydrogen-bond acceptors (Lipinski definition) is 4. The molecule has 4 heteroatoms. The van der Waals surface area contributed by atoms with Gasteiger partial charge in [-0.15, -0.1) is 0 Å². The van der Waals surface area contributed by atoms with Gasteiger partial charge in [-0.05, 0) is 25.5 Å². The van der Waals surface area contributed by atoms with Gasteiger partial charge in [0.15, 0.2) is 0 Å². The molecule has 2 saturated heterocycles. The lowest BCUT2D eigenvalue weighted by atomic mass is 9.90. The highest BCUT2D eigenvalue weighted by Gasteiger charge is 2.36. The van der Waals surface area contributed by atoms with Crippen LogP contribution in [-0.4, -0.2) is 55.1 Å². The van der Waals surface area contributed by atoms with Gasteiger partial charge < -0.3 is 11.1 Å². The molecule has 0 bridgehead atoms. The minimum absolute atomic E-state index is 0.322. The van der Waals surface area contributed by atoms with Crippen LogP contribution in [0.1, 0.15) is 18.4 Å². The highest BCUT2D eigenvalue weighted by atomic mass is 15.3. The number of piperidine rings is 1. The first-order chi connectivity index (χ1) is 10.2. The zero-order valence-electron chi connectivity index (χ0n) is 13.0. The average Bonchev–Trinajstić information content (AvgIpc) is 2.51. The van der Waals surface area contributed by atoms with Gasteiger partial charge in [-0.25, -0.2) is 0 Å². The fourth-order valence-electron chi connectivity index (χ4n) is 3.47. The molecule has 115 valence electrons. The van der Waals surface area contributed by atoms with Crippen LogP contribution in [0, 0.1) is 6.04 Å². The average molecular weight is 287 g/mol. The predicted octanol–water partition coefficient (Wildman–Crippen LogP) is 1.05. The number of nitrogens with one attached hydrogen (secondary N) is 1. The van der Waals surface area contributed by atoms with E-state index in [-0.39, 0.29) is 0 Å². The third-order valence-electron chi connectivity index (χ3n) is 4.76. The molecule has 2 unspecified atom stereocenters. The van der Waals surface area contributed by atoms with Gasteiger partial charge in [0, 0.05) is 44.8 Å². The molecule has 1 radical (unpaired) electrons. The van der Waals surface area contributed by atoms with Crippen LogP contribution in [0.15, 0.2) is 30.3 Å². The molecule has 1 aromatic rings. The molecular formula is C17H27N4. The maximum absolute atomic E-state index is 6.25. The first-order valence-electron chi connectivity index (χ1n) is 8.05. The van der Waals surface area contributed by atoms with Crippen molar-refractivity contribution in [2.45, 2.75) is 31.5 Å². The van der Waals surface area contributed by atoms with Crippen LogP contribution in [0.5, 0.6) is 0 Å². The Morgan fingerprint density at radius 3 is 2.81 bits per heavy atom. The second-order valence-electron chi connectivity index (χ2n) is 6.35. The van der Waals surface area contributed by atoms with Crippen LogP contribution in [0.25, 0.3) is 0 Å². The van der Waals surface area contributed by atoms with Gasteiger partial charge in [-0.2, -0.15) is 0 Å². The van der Waals surface area contributed by atoms with E-state index in [9.17, 15) is 0 Å². The summed E-state index contributed by atoms with van der Waals surface area (Å²) in [6.45, 7) is 5.33. The molecule has 4 nitrogen and oxygen atoms in total. The van der Waals surface area contributed by atoms with Crippen LogP contribution in [0.4, 0.5) is 0 Å². The van der Waals surface area contributed by atoms with Gasteiger partial charge in [0.25, 0.3) is 0 Å². The topological polar surface area (TPSA) is 44.5 Å². The van der Waals surface area contributed by atoms with E-state index in [2.05, 4.69) is 52.5 Å². The number of hydrogen-bond donors (Lipinski definition) is 2. The zero-order chi connectivity index (χ0) is 14.7. The summed E-state index contributed by atoms with van der Waals surface area (Å²) in [5.74, 6) is 0. The second-order valence-corrected chi connectivity index (χ2v) is 6.35. The monoisotopic (exact) mass is 287 g/mol. The highest BCUT2D eigenvalue weighted by molar-refractivity contribution is 5.17. The molecule has 0 saturated carbocycles. The maximum Gasteiger partial charge on any atom is 0.0595 e. The van der Waals surface area contributed by atoms with Gasteiger partial charge in [-0.3, -0.25) is 9.80 Å². The molecule has 0 aliphatic carbocycles. The number of benzene rings is 1. The summed E-state index contributed by atoms with van der Waals surface area (Å²) in [5.41, 5.74) is 7.63. The van der Waals surface area contributed by atoms with E-state index >= 15 is 0 Å². The molecule has 2 fully saturated rings. The Morgan fingerprint density at radius 1 is 1.24 bits per heavy atom. The highest BCUT2D eigenvalue weighted by Crippen LogP contribution is 2.30. The molecule has 2 atom stereocenters. The van der Waals surface area contributed by atoms with Crippen molar-refractivity contribution < 1.29 is 0 Å². The predicted molar refractivity (Wildman–Crippen MR) is 86.6 cm³/mol. The van der Waals surface area contributed by atoms with E-state index < -0.39 is 0 Å². The largest absolute Gasteiger partial charge is 0.328 e. The van der Waals surface area contributed by atoms with Crippen molar-refractivity contribution in [2.24, 2.45) is 5.73 Å². The number of likely N-dealkylation sites (N-methyl/N-ethyl adjacent to an activating group) is 1. The molecule has 0 amide bonds. The Hall–Kier alpha value is -0.940. The van der Waals surface area contributed by atoms with Crippen molar-refractivity contribution in [3.63, 3.8) is 0 Å². The van der Waals surface area contributed by atoms with Crippen molar-refractivity contribution in [1.82, 2.24) is 15.1 Å². The van der Waals surface area contributed by atoms with E-state index in [0.29, 0.717) is 12.1 Å². The van der Waals surface area contributed by atoms with Crippen LogP contribution < -0.4 is 11.1 Å². The smallest absolute Gasteiger partial charge is 0.0595 e. The van der Waals surface area contributed by atoms with Crippen LogP contribution in [0.2, 0.25) is 0 Å². The number of likely N-dealkylation sites (tertiary alicyclic amines) is 1. The van der Waals surface area contributed by atoms with Gasteiger partial charge in [0.05, 0.1) is 6.04 Å². The van der Waals surface area contributed by atoms with Crippen molar-refractivity contribution in [3.8, 4) is 0 Å². The molecule has 0 aromatic heterocycles. The van der Waals surface area contributed by atoms with Gasteiger partial charge >= 0.3 is 0 Å². The number of nitrogens with two attached hydrogens (primary N) is 1. The number of rotatable bonds is 3. The molecular weight excluding hydrogens is 260 g/mol. The van der Waals surface area contributed by atoms with Gasteiger partial charge in [0.1, 0.15) is 0 Å². The Morgan fingerprint density at radius 2 is 2.05 bits per heavy atom. The molecule has 2 heterocycles. The van der Waals surface area contributed by atoms with Crippen molar-refractivity contribution in [3.05, 3.63) is 41.9 Å². The first-order valence-corrected chi connectivity index (χ1v) is 8.05. The lowest BCUT2D eigenvalue weighted by Crippen LogP contribution is -2.58. The van der Waals surface area contributed by atoms with Crippen LogP contribution in [-0.2, 0) is 6.54 Å². The van der Waals surface area contributed by atoms with Crippen LogP contribution in [0.3, 0.4) is 0 Å². The van der Waals surface area contributed by atoms with E-state index in [1.165, 1.54) is 11.6 Å². The number of nitrogens with zero attached hydrogens (tertiary/aromatic N) is 2. The SMILES string of the molecule is CN1CCNCC1[C]1CC(N)CCN1Cc1ccccc1. The van der Waals surface area contributed by atoms with Crippen molar-refractivity contribution >= 4 is 0 Å². The summed E-state index contributed by atoms with van der Waals surface area (Å²) in [6, 6.07) is 13.1. The van der Waals surface area contributed by atoms with E-state index in [1.807, 2.05) is 0 Å². The molecule has 2 aliphatic rings. The van der Waals surface area contributed by atoms with Crippen LogP contribution >= 0.6 is 0 Å². The second kappa shape index (κ2) is 6.88. The van der Waals surface area contributed by atoms with Crippen molar-refractivity contribution in [1.29, 1.82) is 0 Å². The minimum Gasteiger partial charge on any atom is -0.328 e.